The van der Waals surface area contributed by atoms with Crippen molar-refractivity contribution in [3.63, 3.8) is 0 Å². The second kappa shape index (κ2) is 8.55. The summed E-state index contributed by atoms with van der Waals surface area (Å²) in [7, 11) is 3.17. The summed E-state index contributed by atoms with van der Waals surface area (Å²) in [5, 5.41) is 2.94. The van der Waals surface area contributed by atoms with E-state index in [0.717, 1.165) is 15.6 Å². The Morgan fingerprint density at radius 2 is 1.75 bits per heavy atom. The lowest BCUT2D eigenvalue weighted by atomic mass is 10.1. The van der Waals surface area contributed by atoms with Crippen molar-refractivity contribution < 1.29 is 14.3 Å². The summed E-state index contributed by atoms with van der Waals surface area (Å²) in [6.07, 6.45) is 3.18. The third kappa shape index (κ3) is 4.61. The number of carbonyl (C=O) groups is 1. The van der Waals surface area contributed by atoms with Crippen LogP contribution in [0, 0.1) is 0 Å². The Labute approximate surface area is 150 Å². The Bertz CT molecular complexity index is 721. The van der Waals surface area contributed by atoms with Gasteiger partial charge in [-0.1, -0.05) is 34.1 Å². The maximum atomic E-state index is 12.2. The molecular formula is C19H20BrNO3. The van der Waals surface area contributed by atoms with Gasteiger partial charge in [0.2, 0.25) is 5.91 Å². The molecular weight excluding hydrogens is 370 g/mol. The molecule has 0 radical (unpaired) electrons. The van der Waals surface area contributed by atoms with Crippen molar-refractivity contribution in [2.45, 2.75) is 13.0 Å². The van der Waals surface area contributed by atoms with Crippen molar-refractivity contribution in [2.75, 3.05) is 14.2 Å². The first-order chi connectivity index (χ1) is 11.5. The Balaban J connectivity index is 2.11. The van der Waals surface area contributed by atoms with E-state index in [1.807, 2.05) is 49.4 Å². The van der Waals surface area contributed by atoms with Gasteiger partial charge >= 0.3 is 0 Å². The molecule has 0 aliphatic carbocycles. The van der Waals surface area contributed by atoms with Crippen molar-refractivity contribution in [2.24, 2.45) is 0 Å². The third-order valence-electron chi connectivity index (χ3n) is 3.57. The fourth-order valence-electron chi connectivity index (χ4n) is 2.32. The number of carbonyl (C=O) groups excluding carboxylic acids is 1. The topological polar surface area (TPSA) is 47.6 Å². The van der Waals surface area contributed by atoms with E-state index in [0.29, 0.717) is 11.5 Å². The van der Waals surface area contributed by atoms with Gasteiger partial charge in [0.1, 0.15) is 11.5 Å². The van der Waals surface area contributed by atoms with Crippen LogP contribution in [0.4, 0.5) is 0 Å². The number of ether oxygens (including phenoxy) is 2. The number of benzene rings is 2. The Hall–Kier alpha value is -2.27. The summed E-state index contributed by atoms with van der Waals surface area (Å²) in [5.41, 5.74) is 1.76. The van der Waals surface area contributed by atoms with Gasteiger partial charge in [-0.3, -0.25) is 4.79 Å². The van der Waals surface area contributed by atoms with Crippen LogP contribution in [0.25, 0.3) is 6.08 Å². The molecule has 1 atom stereocenters. The zero-order valence-electron chi connectivity index (χ0n) is 13.9. The highest BCUT2D eigenvalue weighted by atomic mass is 79.9. The number of halogens is 1. The molecule has 5 heteroatoms. The number of hydrogen-bond donors (Lipinski definition) is 1. The van der Waals surface area contributed by atoms with E-state index in [1.54, 1.807) is 20.3 Å². The highest BCUT2D eigenvalue weighted by molar-refractivity contribution is 9.10. The average Bonchev–Trinajstić information content (AvgIpc) is 2.59. The van der Waals surface area contributed by atoms with Crippen molar-refractivity contribution in [3.05, 3.63) is 64.1 Å². The molecule has 1 N–H and O–H groups in total. The van der Waals surface area contributed by atoms with Crippen molar-refractivity contribution in [3.8, 4) is 11.5 Å². The molecule has 126 valence electrons. The van der Waals surface area contributed by atoms with E-state index < -0.39 is 0 Å². The highest BCUT2D eigenvalue weighted by Crippen LogP contribution is 2.29. The van der Waals surface area contributed by atoms with Crippen LogP contribution in [-0.2, 0) is 4.79 Å². The molecule has 0 aliphatic rings. The predicted octanol–water partition coefficient (Wildman–Crippen LogP) is 4.36. The first kappa shape index (κ1) is 18.1. The molecule has 0 fully saturated rings. The second-order valence-electron chi connectivity index (χ2n) is 5.19. The maximum Gasteiger partial charge on any atom is 0.244 e. The van der Waals surface area contributed by atoms with Gasteiger partial charge in [0.05, 0.1) is 25.8 Å². The number of hydrogen-bond acceptors (Lipinski definition) is 3. The van der Waals surface area contributed by atoms with E-state index in [1.165, 1.54) is 6.08 Å². The molecule has 0 aromatic heterocycles. The fourth-order valence-corrected chi connectivity index (χ4v) is 2.74. The molecule has 0 heterocycles. The molecule has 2 rings (SSSR count). The number of methoxy groups -OCH3 is 2. The first-order valence-corrected chi connectivity index (χ1v) is 8.29. The first-order valence-electron chi connectivity index (χ1n) is 7.50. The smallest absolute Gasteiger partial charge is 0.244 e. The molecule has 4 nitrogen and oxygen atoms in total. The van der Waals surface area contributed by atoms with Crippen molar-refractivity contribution in [1.29, 1.82) is 0 Å². The van der Waals surface area contributed by atoms with Gasteiger partial charge in [-0.05, 0) is 42.8 Å². The monoisotopic (exact) mass is 389 g/mol. The third-order valence-corrected chi connectivity index (χ3v) is 4.07. The summed E-state index contributed by atoms with van der Waals surface area (Å²) < 4.78 is 11.6. The van der Waals surface area contributed by atoms with Crippen LogP contribution in [0.15, 0.2) is 53.0 Å². The zero-order chi connectivity index (χ0) is 17.5. The van der Waals surface area contributed by atoms with Crippen LogP contribution in [0.2, 0.25) is 0 Å². The molecule has 2 aromatic rings. The van der Waals surface area contributed by atoms with Crippen LogP contribution in [-0.4, -0.2) is 20.1 Å². The summed E-state index contributed by atoms with van der Waals surface area (Å²) in [6.45, 7) is 1.94. The Kier molecular flexibility index (Phi) is 6.44. The van der Waals surface area contributed by atoms with Gasteiger partial charge in [0, 0.05) is 10.5 Å². The predicted molar refractivity (Wildman–Crippen MR) is 99.3 cm³/mol. The summed E-state index contributed by atoms with van der Waals surface area (Å²) >= 11 is 3.44. The van der Waals surface area contributed by atoms with Crippen molar-refractivity contribution in [1.82, 2.24) is 5.32 Å². The zero-order valence-corrected chi connectivity index (χ0v) is 15.5. The standard InChI is InChI=1S/C19H20BrNO3/c1-13(14-6-4-7-15(20)12-14)21-19(22)11-10-16-17(23-2)8-5-9-18(16)24-3/h4-13H,1-3H3,(H,21,22)/b11-10+/t13-/m0/s1. The van der Waals surface area contributed by atoms with E-state index in [4.69, 9.17) is 9.47 Å². The van der Waals surface area contributed by atoms with Gasteiger partial charge in [-0.2, -0.15) is 0 Å². The Morgan fingerprint density at radius 3 is 2.33 bits per heavy atom. The number of nitrogens with one attached hydrogen (secondary N) is 1. The minimum atomic E-state index is -0.185. The van der Waals surface area contributed by atoms with Gasteiger partial charge in [-0.15, -0.1) is 0 Å². The lowest BCUT2D eigenvalue weighted by Gasteiger charge is -2.13. The van der Waals surface area contributed by atoms with Gasteiger partial charge in [-0.25, -0.2) is 0 Å². The maximum absolute atomic E-state index is 12.2. The second-order valence-corrected chi connectivity index (χ2v) is 6.11. The lowest BCUT2D eigenvalue weighted by Crippen LogP contribution is -2.24. The SMILES string of the molecule is COc1cccc(OC)c1/C=C/C(=O)N[C@@H](C)c1cccc(Br)c1. The molecule has 0 saturated carbocycles. The minimum absolute atomic E-state index is 0.0979. The Morgan fingerprint density at radius 1 is 1.12 bits per heavy atom. The van der Waals surface area contributed by atoms with E-state index in [9.17, 15) is 4.79 Å². The highest BCUT2D eigenvalue weighted by Gasteiger charge is 2.10. The van der Waals surface area contributed by atoms with Crippen molar-refractivity contribution >= 4 is 27.9 Å². The molecule has 0 unspecified atom stereocenters. The van der Waals surface area contributed by atoms with Crippen LogP contribution in [0.5, 0.6) is 11.5 Å². The molecule has 0 aliphatic heterocycles. The number of rotatable bonds is 6. The van der Waals surface area contributed by atoms with Crippen LogP contribution >= 0.6 is 15.9 Å². The summed E-state index contributed by atoms with van der Waals surface area (Å²) in [6, 6.07) is 13.2. The van der Waals surface area contributed by atoms with E-state index in [2.05, 4.69) is 21.2 Å². The normalized spacial score (nSPS) is 12.0. The molecule has 24 heavy (non-hydrogen) atoms. The largest absolute Gasteiger partial charge is 0.496 e. The van der Waals surface area contributed by atoms with Gasteiger partial charge < -0.3 is 14.8 Å². The van der Waals surface area contributed by atoms with Crippen LogP contribution in [0.3, 0.4) is 0 Å². The van der Waals surface area contributed by atoms with E-state index >= 15 is 0 Å². The molecule has 1 amide bonds. The minimum Gasteiger partial charge on any atom is -0.496 e. The van der Waals surface area contributed by atoms with Crippen LogP contribution in [0.1, 0.15) is 24.1 Å². The molecule has 0 saturated heterocycles. The summed E-state index contributed by atoms with van der Waals surface area (Å²) in [5.74, 6) is 1.12. The fraction of sp³-hybridized carbons (Fsp3) is 0.211. The molecule has 2 aromatic carbocycles. The molecule has 0 spiro atoms. The van der Waals surface area contributed by atoms with Gasteiger partial charge in [0.25, 0.3) is 0 Å². The average molecular weight is 390 g/mol. The quantitative estimate of drug-likeness (QED) is 0.746. The number of amides is 1. The molecule has 0 bridgehead atoms. The van der Waals surface area contributed by atoms with Crippen LogP contribution < -0.4 is 14.8 Å². The summed E-state index contributed by atoms with van der Waals surface area (Å²) in [4.78, 5) is 12.2. The van der Waals surface area contributed by atoms with E-state index in [-0.39, 0.29) is 11.9 Å². The van der Waals surface area contributed by atoms with Gasteiger partial charge in [0.15, 0.2) is 0 Å². The lowest BCUT2D eigenvalue weighted by molar-refractivity contribution is -0.117.